The molecule has 1 atom stereocenters. The van der Waals surface area contributed by atoms with Gasteiger partial charge in [-0.15, -0.1) is 11.3 Å². The largest absolute Gasteiger partial charge is 0.459 e. The van der Waals surface area contributed by atoms with E-state index in [1.54, 1.807) is 0 Å². The van der Waals surface area contributed by atoms with Crippen LogP contribution < -0.4 is 5.73 Å². The van der Waals surface area contributed by atoms with Gasteiger partial charge in [-0.25, -0.2) is 4.79 Å². The van der Waals surface area contributed by atoms with Gasteiger partial charge in [-0.2, -0.15) is 0 Å². The van der Waals surface area contributed by atoms with Crippen molar-refractivity contribution in [3.8, 4) is 0 Å². The summed E-state index contributed by atoms with van der Waals surface area (Å²) in [6.07, 6.45) is 0. The molecule has 18 heavy (non-hydrogen) atoms. The maximum Gasteiger partial charge on any atom is 0.328 e. The highest BCUT2D eigenvalue weighted by atomic mass is 79.9. The Morgan fingerprint density at radius 1 is 1.33 bits per heavy atom. The fraction of sp³-hybridized carbons (Fsp3) is 0.154. The molecule has 0 saturated heterocycles. The highest BCUT2D eigenvalue weighted by molar-refractivity contribution is 9.10. The molecular weight excluding hydrogens is 314 g/mol. The van der Waals surface area contributed by atoms with E-state index in [-0.39, 0.29) is 6.61 Å². The maximum atomic E-state index is 11.7. The second kappa shape index (κ2) is 6.13. The van der Waals surface area contributed by atoms with Crippen molar-refractivity contribution in [1.82, 2.24) is 0 Å². The molecule has 0 spiro atoms. The van der Waals surface area contributed by atoms with Gasteiger partial charge in [0.1, 0.15) is 12.6 Å². The summed E-state index contributed by atoms with van der Waals surface area (Å²) < 4.78 is 6.17. The summed E-state index contributed by atoms with van der Waals surface area (Å²) in [5, 5.41) is 1.89. The van der Waals surface area contributed by atoms with Crippen LogP contribution >= 0.6 is 27.3 Å². The summed E-state index contributed by atoms with van der Waals surface area (Å²) in [6.45, 7) is 0.241. The molecule has 1 aromatic carbocycles. The Labute approximate surface area is 118 Å². The summed E-state index contributed by atoms with van der Waals surface area (Å²) in [4.78, 5) is 12.5. The highest BCUT2D eigenvalue weighted by Gasteiger charge is 2.18. The second-order valence-corrected chi connectivity index (χ2v) is 5.62. The number of benzene rings is 1. The molecule has 0 amide bonds. The van der Waals surface area contributed by atoms with Crippen LogP contribution in [0.1, 0.15) is 16.5 Å². The molecule has 94 valence electrons. The first-order chi connectivity index (χ1) is 8.66. The van der Waals surface area contributed by atoms with Crippen molar-refractivity contribution >= 4 is 33.2 Å². The van der Waals surface area contributed by atoms with E-state index in [1.165, 1.54) is 11.3 Å². The molecule has 0 radical (unpaired) electrons. The molecule has 0 aliphatic heterocycles. The van der Waals surface area contributed by atoms with E-state index in [0.717, 1.165) is 14.9 Å². The SMILES string of the molecule is NC(C(=O)OCc1ccc(Br)cc1)c1cccs1. The van der Waals surface area contributed by atoms with E-state index in [4.69, 9.17) is 10.5 Å². The number of ether oxygens (including phenoxy) is 1. The highest BCUT2D eigenvalue weighted by Crippen LogP contribution is 2.18. The van der Waals surface area contributed by atoms with Crippen LogP contribution in [0, 0.1) is 0 Å². The van der Waals surface area contributed by atoms with E-state index in [2.05, 4.69) is 15.9 Å². The summed E-state index contributed by atoms with van der Waals surface area (Å²) >= 11 is 4.80. The van der Waals surface area contributed by atoms with Crippen molar-refractivity contribution in [3.63, 3.8) is 0 Å². The normalized spacial score (nSPS) is 12.1. The van der Waals surface area contributed by atoms with Crippen LogP contribution in [0.4, 0.5) is 0 Å². The van der Waals surface area contributed by atoms with Crippen molar-refractivity contribution in [3.05, 3.63) is 56.7 Å². The molecule has 2 aromatic rings. The minimum absolute atomic E-state index is 0.241. The molecule has 2 rings (SSSR count). The third-order valence-corrected chi connectivity index (χ3v) is 3.88. The molecule has 0 aliphatic carbocycles. The van der Waals surface area contributed by atoms with Gasteiger partial charge in [0.05, 0.1) is 0 Å². The molecule has 1 aromatic heterocycles. The quantitative estimate of drug-likeness (QED) is 0.878. The minimum Gasteiger partial charge on any atom is -0.459 e. The van der Waals surface area contributed by atoms with Gasteiger partial charge in [-0.05, 0) is 29.1 Å². The summed E-state index contributed by atoms with van der Waals surface area (Å²) in [7, 11) is 0. The zero-order valence-electron chi connectivity index (χ0n) is 9.51. The van der Waals surface area contributed by atoms with Crippen molar-refractivity contribution in [2.75, 3.05) is 0 Å². The Balaban J connectivity index is 1.90. The Bertz CT molecular complexity index is 510. The molecule has 3 nitrogen and oxygen atoms in total. The molecule has 5 heteroatoms. The lowest BCUT2D eigenvalue weighted by molar-refractivity contribution is -0.146. The Hall–Kier alpha value is -1.17. The second-order valence-electron chi connectivity index (χ2n) is 3.73. The zero-order valence-corrected chi connectivity index (χ0v) is 11.9. The van der Waals surface area contributed by atoms with Gasteiger partial charge in [0, 0.05) is 9.35 Å². The molecule has 1 unspecified atom stereocenters. The number of halogens is 1. The number of carbonyl (C=O) groups excluding carboxylic acids is 1. The summed E-state index contributed by atoms with van der Waals surface area (Å²) in [5.74, 6) is -0.402. The molecule has 0 bridgehead atoms. The third-order valence-electron chi connectivity index (χ3n) is 2.40. The van der Waals surface area contributed by atoms with Crippen LogP contribution in [0.2, 0.25) is 0 Å². The number of rotatable bonds is 4. The average molecular weight is 326 g/mol. The molecule has 2 N–H and O–H groups in total. The lowest BCUT2D eigenvalue weighted by atomic mass is 10.2. The standard InChI is InChI=1S/C13H12BrNO2S/c14-10-5-3-9(4-6-10)8-17-13(16)12(15)11-2-1-7-18-11/h1-7,12H,8,15H2. The van der Waals surface area contributed by atoms with Gasteiger partial charge in [-0.3, -0.25) is 0 Å². The molecule has 0 saturated carbocycles. The first kappa shape index (κ1) is 13.3. The van der Waals surface area contributed by atoms with Crippen molar-refractivity contribution in [1.29, 1.82) is 0 Å². The maximum absolute atomic E-state index is 11.7. The minimum atomic E-state index is -0.694. The van der Waals surface area contributed by atoms with E-state index in [9.17, 15) is 4.79 Å². The van der Waals surface area contributed by atoms with Crippen LogP contribution in [0.25, 0.3) is 0 Å². The Morgan fingerprint density at radius 2 is 2.06 bits per heavy atom. The monoisotopic (exact) mass is 325 g/mol. The molecule has 0 fully saturated rings. The van der Waals surface area contributed by atoms with E-state index < -0.39 is 12.0 Å². The Kier molecular flexibility index (Phi) is 4.52. The van der Waals surface area contributed by atoms with Crippen molar-refractivity contribution in [2.24, 2.45) is 5.73 Å². The zero-order chi connectivity index (χ0) is 13.0. The van der Waals surface area contributed by atoms with Gasteiger partial charge < -0.3 is 10.5 Å². The number of esters is 1. The van der Waals surface area contributed by atoms with Crippen LogP contribution in [0.3, 0.4) is 0 Å². The molecule has 1 heterocycles. The number of carbonyl (C=O) groups is 1. The number of thiophene rings is 1. The van der Waals surface area contributed by atoms with Crippen LogP contribution in [0.15, 0.2) is 46.3 Å². The van der Waals surface area contributed by atoms with Gasteiger partial charge >= 0.3 is 5.97 Å². The van der Waals surface area contributed by atoms with Crippen molar-refractivity contribution in [2.45, 2.75) is 12.6 Å². The van der Waals surface area contributed by atoms with Gasteiger partial charge in [0.25, 0.3) is 0 Å². The van der Waals surface area contributed by atoms with Gasteiger partial charge in [-0.1, -0.05) is 34.1 Å². The Morgan fingerprint density at radius 3 is 2.67 bits per heavy atom. The summed E-state index contributed by atoms with van der Waals surface area (Å²) in [6, 6.07) is 10.6. The summed E-state index contributed by atoms with van der Waals surface area (Å²) in [5.41, 5.74) is 6.73. The molecule has 0 aliphatic rings. The van der Waals surface area contributed by atoms with Gasteiger partial charge in [0.2, 0.25) is 0 Å². The van der Waals surface area contributed by atoms with E-state index in [1.807, 2.05) is 41.8 Å². The molecular formula is C13H12BrNO2S. The van der Waals surface area contributed by atoms with Crippen LogP contribution in [0.5, 0.6) is 0 Å². The first-order valence-electron chi connectivity index (χ1n) is 5.37. The smallest absolute Gasteiger partial charge is 0.328 e. The van der Waals surface area contributed by atoms with E-state index in [0.29, 0.717) is 0 Å². The predicted octanol–water partition coefficient (Wildman–Crippen LogP) is 3.25. The number of hydrogen-bond acceptors (Lipinski definition) is 4. The van der Waals surface area contributed by atoms with Crippen LogP contribution in [-0.4, -0.2) is 5.97 Å². The fourth-order valence-corrected chi connectivity index (χ4v) is 2.39. The number of nitrogens with two attached hydrogens (primary N) is 1. The number of hydrogen-bond donors (Lipinski definition) is 1. The average Bonchev–Trinajstić information content (AvgIpc) is 2.90. The first-order valence-corrected chi connectivity index (χ1v) is 7.04. The van der Waals surface area contributed by atoms with E-state index >= 15 is 0 Å². The van der Waals surface area contributed by atoms with Crippen molar-refractivity contribution < 1.29 is 9.53 Å². The lowest BCUT2D eigenvalue weighted by Gasteiger charge is -2.10. The predicted molar refractivity (Wildman–Crippen MR) is 75.2 cm³/mol. The van der Waals surface area contributed by atoms with Gasteiger partial charge in [0.15, 0.2) is 0 Å². The topological polar surface area (TPSA) is 52.3 Å². The fourth-order valence-electron chi connectivity index (χ4n) is 1.41. The lowest BCUT2D eigenvalue weighted by Crippen LogP contribution is -2.22. The van der Waals surface area contributed by atoms with Crippen LogP contribution in [-0.2, 0) is 16.1 Å². The third kappa shape index (κ3) is 3.41.